The Hall–Kier alpha value is -4.19. The standard InChI is InChI=1S/C66H100N2O13/c1-44-22-13-10-14-23-45(2)57(79-37-31-51-24-15-11-16-25-51)42-53-29-27-50(7)66(75,81-53)63(72)64(73)68-35-20-17-26-54(68)65(74)80-58(43-55(69)46(3)39-49(6)61(71)62(77-9)60(70)48(5)38-44)47(4)40-52-28-30-56(59(41-52)76-8)78-36-21-34-67-32-18-12-19-33-67/h10-11,13-16,22-25,39,44,46-48,50,52-54,56-59,61-62,71,75H,12,17-21,26-38,40-43H2,1-9H3/b14-10+,22-13+,45-23+,49-39+/t44-,46-,47-,48-,50-,52+,53+,54?,56-,57?,58+,59-,61-,62+,66-/m1/s1. The molecule has 4 aliphatic heterocycles. The first-order valence-corrected chi connectivity index (χ1v) is 30.8. The Kier molecular flexibility index (Phi) is 26.7. The molecule has 4 heterocycles. The van der Waals surface area contributed by atoms with Gasteiger partial charge in [-0.25, -0.2) is 4.79 Å². The largest absolute Gasteiger partial charge is 0.460 e. The van der Waals surface area contributed by atoms with Crippen LogP contribution >= 0.6 is 0 Å². The lowest BCUT2D eigenvalue weighted by Gasteiger charge is -2.43. The number of Topliss-reactive ketones (excluding diaryl/α,β-unsaturated/α-hetero) is 3. The van der Waals surface area contributed by atoms with Crippen LogP contribution in [-0.4, -0.2) is 157 Å². The summed E-state index contributed by atoms with van der Waals surface area (Å²) in [7, 11) is 3.12. The van der Waals surface area contributed by atoms with Gasteiger partial charge >= 0.3 is 5.97 Å². The number of ketones is 3. The Labute approximate surface area is 484 Å². The summed E-state index contributed by atoms with van der Waals surface area (Å²) in [5, 5.41) is 23.9. The van der Waals surface area contributed by atoms with E-state index in [4.69, 9.17) is 28.4 Å². The van der Waals surface area contributed by atoms with Gasteiger partial charge in [0.1, 0.15) is 30.1 Å². The van der Waals surface area contributed by atoms with Crippen LogP contribution in [0.15, 0.2) is 77.9 Å². The van der Waals surface area contributed by atoms with E-state index in [-0.39, 0.29) is 60.9 Å². The second-order valence-electron chi connectivity index (χ2n) is 24.6. The van der Waals surface area contributed by atoms with Crippen molar-refractivity contribution >= 4 is 29.2 Å². The molecular weight excluding hydrogens is 1030 g/mol. The van der Waals surface area contributed by atoms with Gasteiger partial charge in [0.15, 0.2) is 5.78 Å². The maximum absolute atomic E-state index is 14.7. The van der Waals surface area contributed by atoms with E-state index in [2.05, 4.69) is 4.90 Å². The number of allylic oxidation sites excluding steroid dienone is 6. The van der Waals surface area contributed by atoms with E-state index in [1.54, 1.807) is 34.0 Å². The average Bonchev–Trinajstić information content (AvgIpc) is 3.66. The monoisotopic (exact) mass is 1130 g/mol. The van der Waals surface area contributed by atoms with E-state index in [0.29, 0.717) is 70.2 Å². The van der Waals surface area contributed by atoms with Crippen LogP contribution in [-0.2, 0) is 58.8 Å². The summed E-state index contributed by atoms with van der Waals surface area (Å²) in [5.41, 5.74) is 2.42. The molecule has 4 fully saturated rings. The number of aliphatic hydroxyl groups excluding tert-OH is 1. The van der Waals surface area contributed by atoms with Gasteiger partial charge in [0, 0.05) is 64.5 Å². The van der Waals surface area contributed by atoms with Gasteiger partial charge < -0.3 is 48.4 Å². The highest BCUT2D eigenvalue weighted by molar-refractivity contribution is 6.39. The third-order valence-electron chi connectivity index (χ3n) is 18.1. The van der Waals surface area contributed by atoms with Gasteiger partial charge in [0.05, 0.1) is 31.0 Å². The number of hydrogen-bond acceptors (Lipinski definition) is 14. The molecule has 1 amide bonds. The van der Waals surface area contributed by atoms with Crippen molar-refractivity contribution < 1.29 is 62.6 Å². The fraction of sp³-hybridized carbons (Fsp3) is 0.712. The maximum atomic E-state index is 14.7. The quantitative estimate of drug-likeness (QED) is 0.0776. The molecule has 3 saturated heterocycles. The van der Waals surface area contributed by atoms with Crippen LogP contribution in [0.4, 0.5) is 0 Å². The summed E-state index contributed by atoms with van der Waals surface area (Å²) in [6.45, 7) is 17.4. The molecule has 2 unspecified atom stereocenters. The summed E-state index contributed by atoms with van der Waals surface area (Å²) >= 11 is 0. The number of rotatable bonds is 14. The zero-order chi connectivity index (χ0) is 58.6. The van der Waals surface area contributed by atoms with Crippen LogP contribution in [0.1, 0.15) is 157 Å². The number of esters is 1. The number of methoxy groups -OCH3 is 2. The first-order valence-electron chi connectivity index (χ1n) is 30.8. The molecule has 81 heavy (non-hydrogen) atoms. The fourth-order valence-electron chi connectivity index (χ4n) is 12.9. The average molecular weight is 1130 g/mol. The number of carbonyl (C=O) groups is 5. The maximum Gasteiger partial charge on any atom is 0.329 e. The molecule has 15 nitrogen and oxygen atoms in total. The number of ether oxygens (including phenoxy) is 6. The van der Waals surface area contributed by atoms with E-state index in [0.717, 1.165) is 56.5 Å². The highest BCUT2D eigenvalue weighted by Crippen LogP contribution is 2.38. The molecule has 15 heteroatoms. The number of piperidine rings is 2. The molecule has 1 aromatic carbocycles. The normalized spacial score (nSPS) is 36.1. The molecule has 6 rings (SSSR count). The highest BCUT2D eigenvalue weighted by atomic mass is 16.6. The first-order chi connectivity index (χ1) is 38.8. The van der Waals surface area contributed by atoms with E-state index in [9.17, 15) is 34.2 Å². The van der Waals surface area contributed by atoms with Crippen molar-refractivity contribution in [3.63, 3.8) is 0 Å². The minimum Gasteiger partial charge on any atom is -0.460 e. The zero-order valence-electron chi connectivity index (χ0n) is 50.5. The minimum atomic E-state index is -2.46. The Morgan fingerprint density at radius 3 is 2.25 bits per heavy atom. The van der Waals surface area contributed by atoms with Gasteiger partial charge in [-0.05, 0) is 151 Å². The van der Waals surface area contributed by atoms with Crippen LogP contribution in [0.5, 0.6) is 0 Å². The van der Waals surface area contributed by atoms with Crippen molar-refractivity contribution in [2.75, 3.05) is 53.6 Å². The molecule has 5 aliphatic rings. The van der Waals surface area contributed by atoms with Crippen LogP contribution in [0.25, 0.3) is 0 Å². The molecule has 2 bridgehead atoms. The SMILES string of the molecule is CO[C@@H]1C[C@H](C[C@@H](C)[C@@H]2CC(=O)[C@H](C)/C=C(\C)[C@@H](O)[C@@H](OC)C(=O)[C@H](C)C[C@H](C)/C=C/C=C/C=C(\C)C(OCCc3ccccc3)C[C@@H]3CC[C@@H](C)[C@@](O)(O3)C(=O)C(=O)N3CCCCC3C(=O)O2)CC[C@H]1OCCCN1CCCCC1. The summed E-state index contributed by atoms with van der Waals surface area (Å²) in [6.07, 6.45) is 18.2. The first kappa shape index (κ1) is 66.0. The molecule has 1 saturated carbocycles. The van der Waals surface area contributed by atoms with E-state index in [1.165, 1.54) is 31.3 Å². The summed E-state index contributed by atoms with van der Waals surface area (Å²) in [4.78, 5) is 76.1. The van der Waals surface area contributed by atoms with Crippen LogP contribution in [0, 0.1) is 35.5 Å². The Morgan fingerprint density at radius 1 is 0.778 bits per heavy atom. The molecular formula is C66H100N2O13. The van der Waals surface area contributed by atoms with Crippen molar-refractivity contribution in [1.82, 2.24) is 9.80 Å². The predicted molar refractivity (Wildman–Crippen MR) is 313 cm³/mol. The number of cyclic esters (lactones) is 1. The summed E-state index contributed by atoms with van der Waals surface area (Å²) < 4.78 is 37.5. The highest BCUT2D eigenvalue weighted by Gasteiger charge is 2.53. The van der Waals surface area contributed by atoms with E-state index in [1.807, 2.05) is 88.4 Å². The van der Waals surface area contributed by atoms with Gasteiger partial charge in [-0.2, -0.15) is 0 Å². The summed E-state index contributed by atoms with van der Waals surface area (Å²) in [6, 6.07) is 8.89. The molecule has 0 aromatic heterocycles. The summed E-state index contributed by atoms with van der Waals surface area (Å²) in [5.74, 6) is -7.83. The second kappa shape index (κ2) is 32.8. The smallest absolute Gasteiger partial charge is 0.329 e. The minimum absolute atomic E-state index is 0.00613. The van der Waals surface area contributed by atoms with Gasteiger partial charge in [0.2, 0.25) is 5.79 Å². The Morgan fingerprint density at radius 2 is 1.52 bits per heavy atom. The lowest BCUT2D eigenvalue weighted by Crippen LogP contribution is -2.61. The number of hydrogen-bond donors (Lipinski definition) is 2. The van der Waals surface area contributed by atoms with Crippen molar-refractivity contribution in [1.29, 1.82) is 0 Å². The van der Waals surface area contributed by atoms with Crippen LogP contribution in [0.3, 0.4) is 0 Å². The van der Waals surface area contributed by atoms with Crippen molar-refractivity contribution in [3.05, 3.63) is 83.5 Å². The molecule has 1 aromatic rings. The lowest BCUT2D eigenvalue weighted by atomic mass is 9.78. The predicted octanol–water partition coefficient (Wildman–Crippen LogP) is 9.69. The van der Waals surface area contributed by atoms with Crippen LogP contribution in [0.2, 0.25) is 0 Å². The van der Waals surface area contributed by atoms with Gasteiger partial charge in [-0.1, -0.05) is 108 Å². The third-order valence-corrected chi connectivity index (χ3v) is 18.1. The zero-order valence-corrected chi connectivity index (χ0v) is 50.5. The third kappa shape index (κ3) is 19.2. The van der Waals surface area contributed by atoms with Gasteiger partial charge in [-0.15, -0.1) is 0 Å². The van der Waals surface area contributed by atoms with Crippen molar-refractivity contribution in [2.24, 2.45) is 35.5 Å². The van der Waals surface area contributed by atoms with Crippen molar-refractivity contribution in [3.8, 4) is 0 Å². The molecule has 0 radical (unpaired) electrons. The number of benzene rings is 1. The molecule has 15 atom stereocenters. The van der Waals surface area contributed by atoms with Crippen LogP contribution < -0.4 is 0 Å². The number of amides is 1. The molecule has 1 aliphatic carbocycles. The Bertz CT molecular complexity index is 2290. The fourth-order valence-corrected chi connectivity index (χ4v) is 12.9. The number of fused-ring (bicyclic) bond motifs is 3. The number of nitrogens with zero attached hydrogens (tertiary/aromatic N) is 2. The van der Waals surface area contributed by atoms with Gasteiger partial charge in [0.25, 0.3) is 11.7 Å². The number of aliphatic hydroxyl groups is 2. The number of carbonyl (C=O) groups excluding carboxylic acids is 5. The second-order valence-corrected chi connectivity index (χ2v) is 24.6. The molecule has 2 N–H and O–H groups in total. The van der Waals surface area contributed by atoms with Gasteiger partial charge in [-0.3, -0.25) is 19.2 Å². The number of likely N-dealkylation sites (tertiary alicyclic amines) is 1. The van der Waals surface area contributed by atoms with E-state index >= 15 is 0 Å². The van der Waals surface area contributed by atoms with E-state index < -0.39 is 77.8 Å². The Balaban J connectivity index is 1.25. The molecule has 0 spiro atoms. The van der Waals surface area contributed by atoms with Crippen molar-refractivity contribution in [2.45, 2.75) is 212 Å². The lowest BCUT2D eigenvalue weighted by molar-refractivity contribution is -0.266. The topological polar surface area (TPSA) is 188 Å². The molecule has 452 valence electrons.